The van der Waals surface area contributed by atoms with Crippen LogP contribution in [0.5, 0.6) is 5.75 Å². The van der Waals surface area contributed by atoms with Gasteiger partial charge in [-0.05, 0) is 32.0 Å². The monoisotopic (exact) mass is 295 g/mol. The molecule has 0 saturated heterocycles. The van der Waals surface area contributed by atoms with Gasteiger partial charge in [-0.15, -0.1) is 0 Å². The first-order chi connectivity index (χ1) is 9.99. The van der Waals surface area contributed by atoms with Crippen molar-refractivity contribution in [3.05, 3.63) is 33.9 Å². The van der Waals surface area contributed by atoms with E-state index in [9.17, 15) is 14.9 Å². The van der Waals surface area contributed by atoms with E-state index in [4.69, 9.17) is 4.74 Å². The molecule has 0 radical (unpaired) electrons. The summed E-state index contributed by atoms with van der Waals surface area (Å²) in [7, 11) is 0. The second-order valence-electron chi connectivity index (χ2n) is 4.49. The van der Waals surface area contributed by atoms with Gasteiger partial charge in [-0.25, -0.2) is 0 Å². The number of likely N-dealkylation sites (N-methyl/N-ethyl adjacent to an activating group) is 1. The van der Waals surface area contributed by atoms with E-state index in [1.807, 2.05) is 6.92 Å². The topological polar surface area (TPSA) is 93.5 Å². The van der Waals surface area contributed by atoms with Crippen molar-refractivity contribution >= 4 is 11.6 Å². The largest absolute Gasteiger partial charge is 0.474 e. The fourth-order valence-corrected chi connectivity index (χ4v) is 1.74. The van der Waals surface area contributed by atoms with E-state index in [-0.39, 0.29) is 17.3 Å². The summed E-state index contributed by atoms with van der Waals surface area (Å²) in [6.07, 6.45) is -0.793. The third-order valence-electron chi connectivity index (χ3n) is 2.82. The van der Waals surface area contributed by atoms with Crippen LogP contribution in [0.1, 0.15) is 26.3 Å². The van der Waals surface area contributed by atoms with E-state index in [0.717, 1.165) is 12.1 Å². The van der Waals surface area contributed by atoms with Crippen LogP contribution in [0, 0.1) is 10.1 Å². The fraction of sp³-hybridized carbons (Fsp3) is 0.500. The second-order valence-corrected chi connectivity index (χ2v) is 4.49. The molecule has 1 rings (SSSR count). The molecular weight excluding hydrogens is 274 g/mol. The number of amides is 1. The molecule has 7 heteroatoms. The van der Waals surface area contributed by atoms with Crippen LogP contribution >= 0.6 is 0 Å². The number of rotatable bonds is 8. The van der Waals surface area contributed by atoms with Gasteiger partial charge in [0.15, 0.2) is 11.9 Å². The Morgan fingerprint density at radius 3 is 2.67 bits per heavy atom. The smallest absolute Gasteiger partial charge is 0.310 e. The van der Waals surface area contributed by atoms with Crippen molar-refractivity contribution in [1.29, 1.82) is 0 Å². The van der Waals surface area contributed by atoms with Crippen molar-refractivity contribution in [2.75, 3.05) is 13.1 Å². The Kier molecular flexibility index (Phi) is 6.61. The van der Waals surface area contributed by atoms with Gasteiger partial charge in [-0.3, -0.25) is 14.9 Å². The van der Waals surface area contributed by atoms with Crippen molar-refractivity contribution in [1.82, 2.24) is 10.6 Å². The number of nitro groups is 1. The summed E-state index contributed by atoms with van der Waals surface area (Å²) in [6, 6.07) is 4.66. The standard InChI is InChI=1S/C14H21N3O4/c1-4-15-9-11-6-7-12(17(19)20)13(8-11)21-10(3)14(18)16-5-2/h6-8,10,15H,4-5,9H2,1-3H3,(H,16,18). The minimum Gasteiger partial charge on any atom is -0.474 e. The van der Waals surface area contributed by atoms with Crippen LogP contribution in [-0.2, 0) is 11.3 Å². The number of carbonyl (C=O) groups is 1. The van der Waals surface area contributed by atoms with Gasteiger partial charge in [0.1, 0.15) is 0 Å². The van der Waals surface area contributed by atoms with Crippen LogP contribution in [0.25, 0.3) is 0 Å². The molecule has 1 atom stereocenters. The van der Waals surface area contributed by atoms with Gasteiger partial charge in [0.05, 0.1) is 4.92 Å². The molecular formula is C14H21N3O4. The molecule has 0 heterocycles. The van der Waals surface area contributed by atoms with Crippen LogP contribution in [0.15, 0.2) is 18.2 Å². The predicted octanol–water partition coefficient (Wildman–Crippen LogP) is 1.61. The highest BCUT2D eigenvalue weighted by molar-refractivity contribution is 5.80. The second kappa shape index (κ2) is 8.21. The summed E-state index contributed by atoms with van der Waals surface area (Å²) < 4.78 is 5.46. The molecule has 0 bridgehead atoms. The number of nitro benzene ring substituents is 1. The number of carbonyl (C=O) groups excluding carboxylic acids is 1. The molecule has 1 unspecified atom stereocenters. The highest BCUT2D eigenvalue weighted by atomic mass is 16.6. The van der Waals surface area contributed by atoms with E-state index in [0.29, 0.717) is 13.1 Å². The average Bonchev–Trinajstić information content (AvgIpc) is 2.45. The van der Waals surface area contributed by atoms with Gasteiger partial charge < -0.3 is 15.4 Å². The van der Waals surface area contributed by atoms with Crippen LogP contribution < -0.4 is 15.4 Å². The molecule has 1 amide bonds. The predicted molar refractivity (Wildman–Crippen MR) is 79.3 cm³/mol. The van der Waals surface area contributed by atoms with E-state index in [1.165, 1.54) is 6.07 Å². The Labute approximate surface area is 123 Å². The molecule has 0 saturated carbocycles. The van der Waals surface area contributed by atoms with Gasteiger partial charge >= 0.3 is 5.69 Å². The summed E-state index contributed by atoms with van der Waals surface area (Å²) in [5.41, 5.74) is 0.715. The van der Waals surface area contributed by atoms with Crippen LogP contribution in [-0.4, -0.2) is 30.0 Å². The van der Waals surface area contributed by atoms with Crippen molar-refractivity contribution in [3.63, 3.8) is 0 Å². The van der Waals surface area contributed by atoms with E-state index in [1.54, 1.807) is 26.0 Å². The van der Waals surface area contributed by atoms with Crippen LogP contribution in [0.4, 0.5) is 5.69 Å². The average molecular weight is 295 g/mol. The van der Waals surface area contributed by atoms with Crippen LogP contribution in [0.3, 0.4) is 0 Å². The maximum atomic E-state index is 11.7. The molecule has 1 aromatic carbocycles. The number of ether oxygens (including phenoxy) is 1. The number of hydrogen-bond donors (Lipinski definition) is 2. The molecule has 21 heavy (non-hydrogen) atoms. The molecule has 0 aliphatic rings. The third kappa shape index (κ3) is 5.03. The van der Waals surface area contributed by atoms with E-state index >= 15 is 0 Å². The molecule has 0 spiro atoms. The summed E-state index contributed by atoms with van der Waals surface area (Å²) >= 11 is 0. The maximum absolute atomic E-state index is 11.7. The lowest BCUT2D eigenvalue weighted by atomic mass is 10.2. The number of benzene rings is 1. The molecule has 1 aromatic rings. The Hall–Kier alpha value is -2.15. The van der Waals surface area contributed by atoms with Crippen molar-refractivity contribution in [2.45, 2.75) is 33.4 Å². The number of hydrogen-bond acceptors (Lipinski definition) is 5. The first-order valence-electron chi connectivity index (χ1n) is 6.92. The minimum atomic E-state index is -0.793. The Morgan fingerprint density at radius 1 is 1.38 bits per heavy atom. The lowest BCUT2D eigenvalue weighted by molar-refractivity contribution is -0.386. The fourth-order valence-electron chi connectivity index (χ4n) is 1.74. The highest BCUT2D eigenvalue weighted by Crippen LogP contribution is 2.29. The maximum Gasteiger partial charge on any atom is 0.310 e. The molecule has 0 aliphatic carbocycles. The van der Waals surface area contributed by atoms with Gasteiger partial charge in [0.2, 0.25) is 0 Å². The Balaban J connectivity index is 2.95. The first kappa shape index (κ1) is 16.9. The molecule has 116 valence electrons. The Morgan fingerprint density at radius 2 is 2.10 bits per heavy atom. The van der Waals surface area contributed by atoms with Gasteiger partial charge in [0, 0.05) is 19.2 Å². The SMILES string of the molecule is CCNCc1ccc([N+](=O)[O-])c(OC(C)C(=O)NCC)c1. The van der Waals surface area contributed by atoms with Crippen LogP contribution in [0.2, 0.25) is 0 Å². The summed E-state index contributed by atoms with van der Waals surface area (Å²) in [5.74, 6) is -0.196. The normalized spacial score (nSPS) is 11.8. The summed E-state index contributed by atoms with van der Waals surface area (Å²) in [5, 5.41) is 16.8. The molecule has 0 fully saturated rings. The quantitative estimate of drug-likeness (QED) is 0.561. The van der Waals surface area contributed by atoms with E-state index < -0.39 is 11.0 Å². The minimum absolute atomic E-state index is 0.106. The van der Waals surface area contributed by atoms with Crippen molar-refractivity contribution < 1.29 is 14.5 Å². The highest BCUT2D eigenvalue weighted by Gasteiger charge is 2.21. The van der Waals surface area contributed by atoms with Crippen molar-refractivity contribution in [2.24, 2.45) is 0 Å². The first-order valence-corrected chi connectivity index (χ1v) is 6.92. The summed E-state index contributed by atoms with van der Waals surface area (Å²) in [6.45, 7) is 7.19. The number of nitrogens with one attached hydrogen (secondary N) is 2. The molecule has 0 aliphatic heterocycles. The lowest BCUT2D eigenvalue weighted by Crippen LogP contribution is -2.36. The van der Waals surface area contributed by atoms with E-state index in [2.05, 4.69) is 10.6 Å². The Bertz CT molecular complexity index is 505. The zero-order chi connectivity index (χ0) is 15.8. The lowest BCUT2D eigenvalue weighted by Gasteiger charge is -2.15. The molecule has 2 N–H and O–H groups in total. The zero-order valence-corrected chi connectivity index (χ0v) is 12.5. The van der Waals surface area contributed by atoms with Gasteiger partial charge in [-0.1, -0.05) is 13.0 Å². The zero-order valence-electron chi connectivity index (χ0n) is 12.5. The molecule has 7 nitrogen and oxygen atoms in total. The summed E-state index contributed by atoms with van der Waals surface area (Å²) in [4.78, 5) is 22.2. The van der Waals surface area contributed by atoms with Gasteiger partial charge in [-0.2, -0.15) is 0 Å². The number of nitrogens with zero attached hydrogens (tertiary/aromatic N) is 1. The third-order valence-corrected chi connectivity index (χ3v) is 2.82. The van der Waals surface area contributed by atoms with Gasteiger partial charge in [0.25, 0.3) is 5.91 Å². The molecule has 0 aromatic heterocycles. The van der Waals surface area contributed by atoms with Crippen molar-refractivity contribution in [3.8, 4) is 5.75 Å².